The predicted molar refractivity (Wildman–Crippen MR) is 95.6 cm³/mol. The highest BCUT2D eigenvalue weighted by molar-refractivity contribution is 5.82. The molecule has 0 aliphatic heterocycles. The van der Waals surface area contributed by atoms with Gasteiger partial charge >= 0.3 is 0 Å². The van der Waals surface area contributed by atoms with Crippen molar-refractivity contribution in [1.82, 2.24) is 15.5 Å². The lowest BCUT2D eigenvalue weighted by Crippen LogP contribution is -2.39. The summed E-state index contributed by atoms with van der Waals surface area (Å²) >= 11 is 0. The molecule has 1 aromatic carbocycles. The molecule has 0 fully saturated rings. The number of nitrogens with zero attached hydrogens (tertiary/aromatic N) is 2. The van der Waals surface area contributed by atoms with Gasteiger partial charge in [-0.05, 0) is 43.7 Å². The molecule has 2 aromatic rings. The molecule has 0 bridgehead atoms. The molecular formula is C20H25N3O. The molecule has 1 amide bonds. The van der Waals surface area contributed by atoms with Crippen LogP contribution < -0.4 is 5.32 Å². The Morgan fingerprint density at radius 2 is 1.88 bits per heavy atom. The number of hydrogen-bond acceptors (Lipinski definition) is 3. The van der Waals surface area contributed by atoms with Crippen LogP contribution in [0.1, 0.15) is 43.0 Å². The molecule has 1 unspecified atom stereocenters. The second-order valence-corrected chi connectivity index (χ2v) is 6.98. The van der Waals surface area contributed by atoms with E-state index in [0.717, 1.165) is 49.1 Å². The third-order valence-corrected chi connectivity index (χ3v) is 5.18. The van der Waals surface area contributed by atoms with Crippen LogP contribution in [-0.2, 0) is 17.6 Å². The van der Waals surface area contributed by atoms with Gasteiger partial charge in [0, 0.05) is 12.6 Å². The second kappa shape index (κ2) is 6.71. The Kier molecular flexibility index (Phi) is 4.65. The first kappa shape index (κ1) is 16.6. The fraction of sp³-hybridized carbons (Fsp3) is 0.450. The molecule has 126 valence electrons. The van der Waals surface area contributed by atoms with Crippen molar-refractivity contribution in [3.63, 3.8) is 0 Å². The van der Waals surface area contributed by atoms with Crippen LogP contribution in [0.5, 0.6) is 0 Å². The normalized spacial score (nSPS) is 20.6. The first-order valence-corrected chi connectivity index (χ1v) is 8.68. The number of aromatic nitrogens is 2. The van der Waals surface area contributed by atoms with E-state index in [9.17, 15) is 4.79 Å². The van der Waals surface area contributed by atoms with Gasteiger partial charge in [0.15, 0.2) is 0 Å². The molecule has 0 saturated heterocycles. The Hall–Kier alpha value is -2.23. The van der Waals surface area contributed by atoms with Gasteiger partial charge in [-0.1, -0.05) is 43.7 Å². The summed E-state index contributed by atoms with van der Waals surface area (Å²) in [5.74, 6) is 0.118. The highest BCUT2D eigenvalue weighted by Gasteiger charge is 2.35. The van der Waals surface area contributed by atoms with E-state index < -0.39 is 0 Å². The quantitative estimate of drug-likeness (QED) is 0.920. The van der Waals surface area contributed by atoms with Crippen molar-refractivity contribution in [2.24, 2.45) is 5.41 Å². The smallest absolute Gasteiger partial charge is 0.226 e. The number of carbonyl (C=O) groups excluding carboxylic acids is 1. The molecule has 4 heteroatoms. The molecule has 1 aromatic heterocycles. The van der Waals surface area contributed by atoms with Gasteiger partial charge in [-0.3, -0.25) is 4.79 Å². The van der Waals surface area contributed by atoms with E-state index in [-0.39, 0.29) is 11.3 Å². The number of benzene rings is 1. The van der Waals surface area contributed by atoms with Crippen LogP contribution >= 0.6 is 0 Å². The molecule has 1 aliphatic carbocycles. The van der Waals surface area contributed by atoms with E-state index in [1.165, 1.54) is 11.1 Å². The lowest BCUT2D eigenvalue weighted by Gasteiger charge is -2.31. The topological polar surface area (TPSA) is 54.9 Å². The molecule has 1 heterocycles. The van der Waals surface area contributed by atoms with Crippen LogP contribution in [0.2, 0.25) is 0 Å². The van der Waals surface area contributed by atoms with Crippen LogP contribution in [0.25, 0.3) is 11.3 Å². The lowest BCUT2D eigenvalue weighted by atomic mass is 9.74. The zero-order chi connectivity index (χ0) is 17.2. The minimum Gasteiger partial charge on any atom is -0.359 e. The van der Waals surface area contributed by atoms with E-state index in [1.807, 2.05) is 25.1 Å². The third kappa shape index (κ3) is 3.05. The summed E-state index contributed by atoms with van der Waals surface area (Å²) in [5, 5.41) is 11.8. The monoisotopic (exact) mass is 323 g/mol. The maximum absolute atomic E-state index is 12.5. The number of aryl methyl sites for hydroxylation is 1. The molecule has 3 rings (SSSR count). The standard InChI is InChI=1S/C20H25N3O/c1-14-17-13-20(2,19(24)21-3)12-8-7-11-16(17)18(23-22-14)15-9-5-4-6-10-15/h4-6,9-10H,7-8,11-13H2,1-3H3,(H,21,24). The number of hydrogen-bond donors (Lipinski definition) is 1. The lowest BCUT2D eigenvalue weighted by molar-refractivity contribution is -0.130. The zero-order valence-electron chi connectivity index (χ0n) is 14.7. The maximum atomic E-state index is 12.5. The zero-order valence-corrected chi connectivity index (χ0v) is 14.7. The van der Waals surface area contributed by atoms with E-state index >= 15 is 0 Å². The number of amides is 1. The highest BCUT2D eigenvalue weighted by Crippen LogP contribution is 2.37. The van der Waals surface area contributed by atoms with Crippen LogP contribution in [-0.4, -0.2) is 23.2 Å². The Bertz CT molecular complexity index is 742. The van der Waals surface area contributed by atoms with Crippen molar-refractivity contribution >= 4 is 5.91 Å². The minimum atomic E-state index is -0.383. The first-order valence-electron chi connectivity index (χ1n) is 8.68. The minimum absolute atomic E-state index is 0.118. The van der Waals surface area contributed by atoms with E-state index in [0.29, 0.717) is 0 Å². The summed E-state index contributed by atoms with van der Waals surface area (Å²) in [6, 6.07) is 10.2. The summed E-state index contributed by atoms with van der Waals surface area (Å²) in [6.07, 6.45) is 4.76. The van der Waals surface area contributed by atoms with Crippen molar-refractivity contribution in [3.05, 3.63) is 47.2 Å². The van der Waals surface area contributed by atoms with Crippen molar-refractivity contribution in [3.8, 4) is 11.3 Å². The van der Waals surface area contributed by atoms with Crippen LogP contribution in [0.3, 0.4) is 0 Å². The number of fused-ring (bicyclic) bond motifs is 1. The SMILES string of the molecule is CNC(=O)C1(C)CCCCc2c(-c3ccccc3)nnc(C)c2C1. The summed E-state index contributed by atoms with van der Waals surface area (Å²) in [5.41, 5.74) is 5.10. The Labute approximate surface area is 143 Å². The van der Waals surface area contributed by atoms with Crippen molar-refractivity contribution < 1.29 is 4.79 Å². The van der Waals surface area contributed by atoms with Crippen molar-refractivity contribution in [1.29, 1.82) is 0 Å². The van der Waals surface area contributed by atoms with Gasteiger partial charge in [-0.15, -0.1) is 5.10 Å². The molecule has 1 aliphatic rings. The first-order chi connectivity index (χ1) is 11.5. The number of carbonyl (C=O) groups is 1. The van der Waals surface area contributed by atoms with Crippen LogP contribution in [0.15, 0.2) is 30.3 Å². The number of nitrogens with one attached hydrogen (secondary N) is 1. The molecule has 1 N–H and O–H groups in total. The summed E-state index contributed by atoms with van der Waals surface area (Å²) < 4.78 is 0. The van der Waals surface area contributed by atoms with E-state index in [2.05, 4.69) is 34.6 Å². The highest BCUT2D eigenvalue weighted by atomic mass is 16.2. The summed E-state index contributed by atoms with van der Waals surface area (Å²) in [6.45, 7) is 4.08. The predicted octanol–water partition coefficient (Wildman–Crippen LogP) is 3.47. The molecular weight excluding hydrogens is 298 g/mol. The van der Waals surface area contributed by atoms with Crippen LogP contribution in [0.4, 0.5) is 0 Å². The van der Waals surface area contributed by atoms with E-state index in [4.69, 9.17) is 0 Å². The summed E-state index contributed by atoms with van der Waals surface area (Å²) in [4.78, 5) is 12.5. The average molecular weight is 323 g/mol. The molecule has 4 nitrogen and oxygen atoms in total. The van der Waals surface area contributed by atoms with Crippen molar-refractivity contribution in [2.45, 2.75) is 46.0 Å². The Morgan fingerprint density at radius 3 is 2.58 bits per heavy atom. The van der Waals surface area contributed by atoms with E-state index in [1.54, 1.807) is 7.05 Å². The number of rotatable bonds is 2. The van der Waals surface area contributed by atoms with Crippen LogP contribution in [0, 0.1) is 12.3 Å². The fourth-order valence-corrected chi connectivity index (χ4v) is 3.73. The fourth-order valence-electron chi connectivity index (χ4n) is 3.73. The molecule has 24 heavy (non-hydrogen) atoms. The summed E-state index contributed by atoms with van der Waals surface area (Å²) in [7, 11) is 1.72. The second-order valence-electron chi connectivity index (χ2n) is 6.98. The van der Waals surface area contributed by atoms with Gasteiger partial charge in [-0.2, -0.15) is 5.10 Å². The third-order valence-electron chi connectivity index (χ3n) is 5.18. The molecule has 0 radical (unpaired) electrons. The van der Waals surface area contributed by atoms with Crippen molar-refractivity contribution in [2.75, 3.05) is 7.05 Å². The Balaban J connectivity index is 2.12. The van der Waals surface area contributed by atoms with Gasteiger partial charge in [0.1, 0.15) is 0 Å². The van der Waals surface area contributed by atoms with Gasteiger partial charge in [0.25, 0.3) is 0 Å². The maximum Gasteiger partial charge on any atom is 0.226 e. The van der Waals surface area contributed by atoms with Gasteiger partial charge in [0.05, 0.1) is 16.8 Å². The van der Waals surface area contributed by atoms with Gasteiger partial charge in [-0.25, -0.2) is 0 Å². The average Bonchev–Trinajstić information content (AvgIpc) is 2.59. The molecule has 0 spiro atoms. The molecule has 1 atom stereocenters. The van der Waals surface area contributed by atoms with Gasteiger partial charge < -0.3 is 5.32 Å². The van der Waals surface area contributed by atoms with Gasteiger partial charge in [0.2, 0.25) is 5.91 Å². The Morgan fingerprint density at radius 1 is 1.12 bits per heavy atom. The largest absolute Gasteiger partial charge is 0.359 e. The molecule has 0 saturated carbocycles.